The molecule has 0 aromatic heterocycles. The van der Waals surface area contributed by atoms with Gasteiger partial charge in [-0.05, 0) is 43.9 Å². The average molecular weight is 234 g/mol. The van der Waals surface area contributed by atoms with Crippen LogP contribution in [0.5, 0.6) is 5.75 Å². The summed E-state index contributed by atoms with van der Waals surface area (Å²) in [6, 6.07) is 5.33. The molecule has 3 N–H and O–H groups in total. The first kappa shape index (κ1) is 11.8. The second kappa shape index (κ2) is 4.65. The molecule has 1 aliphatic carbocycles. The molecule has 17 heavy (non-hydrogen) atoms. The predicted octanol–water partition coefficient (Wildman–Crippen LogP) is 1.81. The van der Waals surface area contributed by atoms with E-state index in [0.717, 1.165) is 0 Å². The van der Waals surface area contributed by atoms with E-state index in [9.17, 15) is 4.79 Å². The fourth-order valence-electron chi connectivity index (χ4n) is 1.88. The summed E-state index contributed by atoms with van der Waals surface area (Å²) in [7, 11) is 1.56. The SMILES string of the molecule is COc1ccc(C(=O)NC(C)C2CC2)cc1N. The third kappa shape index (κ3) is 2.70. The monoisotopic (exact) mass is 234 g/mol. The van der Waals surface area contributed by atoms with Gasteiger partial charge in [0, 0.05) is 11.6 Å². The molecule has 1 aromatic rings. The molecule has 1 fully saturated rings. The first-order chi connectivity index (χ1) is 8.11. The zero-order valence-electron chi connectivity index (χ0n) is 10.2. The van der Waals surface area contributed by atoms with Crippen LogP contribution in [0.1, 0.15) is 30.1 Å². The molecule has 1 atom stereocenters. The number of nitrogen functional groups attached to an aromatic ring is 1. The van der Waals surface area contributed by atoms with Gasteiger partial charge >= 0.3 is 0 Å². The molecule has 2 rings (SSSR count). The number of hydrogen-bond acceptors (Lipinski definition) is 3. The Labute approximate surface area is 101 Å². The summed E-state index contributed by atoms with van der Waals surface area (Å²) in [5.74, 6) is 1.17. The van der Waals surface area contributed by atoms with E-state index in [4.69, 9.17) is 10.5 Å². The molecule has 0 aliphatic heterocycles. The van der Waals surface area contributed by atoms with Gasteiger partial charge in [-0.1, -0.05) is 0 Å². The molecule has 0 bridgehead atoms. The number of nitrogens with two attached hydrogens (primary N) is 1. The number of ether oxygens (including phenoxy) is 1. The van der Waals surface area contributed by atoms with Crippen LogP contribution in [0.3, 0.4) is 0 Å². The van der Waals surface area contributed by atoms with Crippen molar-refractivity contribution in [3.05, 3.63) is 23.8 Å². The van der Waals surface area contributed by atoms with E-state index in [2.05, 4.69) is 5.32 Å². The highest BCUT2D eigenvalue weighted by Gasteiger charge is 2.29. The lowest BCUT2D eigenvalue weighted by Crippen LogP contribution is -2.34. The number of rotatable bonds is 4. The van der Waals surface area contributed by atoms with E-state index in [-0.39, 0.29) is 11.9 Å². The van der Waals surface area contributed by atoms with E-state index < -0.39 is 0 Å². The molecule has 1 saturated carbocycles. The maximum absolute atomic E-state index is 11.9. The summed E-state index contributed by atoms with van der Waals surface area (Å²) in [6.45, 7) is 2.04. The second-order valence-electron chi connectivity index (χ2n) is 4.56. The van der Waals surface area contributed by atoms with Gasteiger partial charge in [-0.25, -0.2) is 0 Å². The average Bonchev–Trinajstić information content (AvgIpc) is 3.12. The number of methoxy groups -OCH3 is 1. The van der Waals surface area contributed by atoms with Gasteiger partial charge in [-0.3, -0.25) is 4.79 Å². The maximum Gasteiger partial charge on any atom is 0.251 e. The van der Waals surface area contributed by atoms with Crippen LogP contribution in [-0.2, 0) is 0 Å². The summed E-state index contributed by atoms with van der Waals surface area (Å²) < 4.78 is 5.05. The van der Waals surface area contributed by atoms with Crippen molar-refractivity contribution in [2.24, 2.45) is 5.92 Å². The smallest absolute Gasteiger partial charge is 0.251 e. The molecule has 1 aliphatic rings. The Hall–Kier alpha value is -1.71. The first-order valence-corrected chi connectivity index (χ1v) is 5.86. The van der Waals surface area contributed by atoms with Crippen LogP contribution in [0.25, 0.3) is 0 Å². The Morgan fingerprint density at radius 3 is 2.76 bits per heavy atom. The van der Waals surface area contributed by atoms with Crippen LogP contribution in [0.2, 0.25) is 0 Å². The van der Waals surface area contributed by atoms with Gasteiger partial charge in [-0.2, -0.15) is 0 Å². The van der Waals surface area contributed by atoms with Gasteiger partial charge in [0.05, 0.1) is 12.8 Å². The molecule has 4 nitrogen and oxygen atoms in total. The minimum absolute atomic E-state index is 0.0706. The van der Waals surface area contributed by atoms with E-state index >= 15 is 0 Å². The standard InChI is InChI=1S/C13H18N2O2/c1-8(9-3-4-9)15-13(16)10-5-6-12(17-2)11(14)7-10/h5-9H,3-4,14H2,1-2H3,(H,15,16). The van der Waals surface area contributed by atoms with Crippen molar-refractivity contribution in [2.45, 2.75) is 25.8 Å². The highest BCUT2D eigenvalue weighted by molar-refractivity contribution is 5.95. The largest absolute Gasteiger partial charge is 0.495 e. The zero-order chi connectivity index (χ0) is 12.4. The van der Waals surface area contributed by atoms with Gasteiger partial charge in [0.15, 0.2) is 0 Å². The second-order valence-corrected chi connectivity index (χ2v) is 4.56. The summed E-state index contributed by atoms with van der Waals surface area (Å²) >= 11 is 0. The number of hydrogen-bond donors (Lipinski definition) is 2. The van der Waals surface area contributed by atoms with Crippen molar-refractivity contribution >= 4 is 11.6 Å². The highest BCUT2D eigenvalue weighted by Crippen LogP contribution is 2.32. The minimum Gasteiger partial charge on any atom is -0.495 e. The van der Waals surface area contributed by atoms with Gasteiger partial charge in [0.2, 0.25) is 0 Å². The van der Waals surface area contributed by atoms with Crippen LogP contribution in [-0.4, -0.2) is 19.1 Å². The van der Waals surface area contributed by atoms with Gasteiger partial charge < -0.3 is 15.8 Å². The fourth-order valence-corrected chi connectivity index (χ4v) is 1.88. The van der Waals surface area contributed by atoms with Crippen LogP contribution < -0.4 is 15.8 Å². The molecule has 4 heteroatoms. The molecule has 1 unspecified atom stereocenters. The first-order valence-electron chi connectivity index (χ1n) is 5.86. The molecule has 92 valence electrons. The summed E-state index contributed by atoms with van der Waals surface area (Å²) in [4.78, 5) is 11.9. The van der Waals surface area contributed by atoms with Crippen molar-refractivity contribution in [1.82, 2.24) is 5.32 Å². The molecule has 0 spiro atoms. The van der Waals surface area contributed by atoms with Crippen LogP contribution in [0, 0.1) is 5.92 Å². The molecule has 0 radical (unpaired) electrons. The Bertz CT molecular complexity index is 427. The van der Waals surface area contributed by atoms with E-state index in [0.29, 0.717) is 22.9 Å². The molecule has 0 saturated heterocycles. The summed E-state index contributed by atoms with van der Waals surface area (Å²) in [5, 5.41) is 2.99. The quantitative estimate of drug-likeness (QED) is 0.781. The Kier molecular flexibility index (Phi) is 3.22. The lowest BCUT2D eigenvalue weighted by molar-refractivity contribution is 0.0936. The van der Waals surface area contributed by atoms with Crippen molar-refractivity contribution in [2.75, 3.05) is 12.8 Å². The van der Waals surface area contributed by atoms with E-state index in [1.165, 1.54) is 12.8 Å². The third-order valence-electron chi connectivity index (χ3n) is 3.18. The molecular weight excluding hydrogens is 216 g/mol. The zero-order valence-corrected chi connectivity index (χ0v) is 10.2. The molecule has 1 amide bonds. The summed E-state index contributed by atoms with van der Waals surface area (Å²) in [5.41, 5.74) is 6.83. The van der Waals surface area contributed by atoms with Crippen LogP contribution in [0.4, 0.5) is 5.69 Å². The predicted molar refractivity (Wildman–Crippen MR) is 67.1 cm³/mol. The van der Waals surface area contributed by atoms with Crippen molar-refractivity contribution in [3.8, 4) is 5.75 Å². The lowest BCUT2D eigenvalue weighted by Gasteiger charge is -2.13. The van der Waals surface area contributed by atoms with Crippen molar-refractivity contribution in [1.29, 1.82) is 0 Å². The number of nitrogens with one attached hydrogen (secondary N) is 1. The third-order valence-corrected chi connectivity index (χ3v) is 3.18. The molecular formula is C13H18N2O2. The van der Waals surface area contributed by atoms with Gasteiger partial charge in [0.25, 0.3) is 5.91 Å². The number of amides is 1. The van der Waals surface area contributed by atoms with E-state index in [1.54, 1.807) is 25.3 Å². The fraction of sp³-hybridized carbons (Fsp3) is 0.462. The summed E-state index contributed by atoms with van der Waals surface area (Å²) in [6.07, 6.45) is 2.43. The van der Waals surface area contributed by atoms with Gasteiger partial charge in [0.1, 0.15) is 5.75 Å². The number of anilines is 1. The Morgan fingerprint density at radius 2 is 2.24 bits per heavy atom. The molecule has 1 aromatic carbocycles. The number of carbonyl (C=O) groups is 1. The molecule has 0 heterocycles. The number of carbonyl (C=O) groups excluding carboxylic acids is 1. The Morgan fingerprint density at radius 1 is 1.53 bits per heavy atom. The van der Waals surface area contributed by atoms with Crippen LogP contribution >= 0.6 is 0 Å². The van der Waals surface area contributed by atoms with Crippen molar-refractivity contribution < 1.29 is 9.53 Å². The van der Waals surface area contributed by atoms with Crippen LogP contribution in [0.15, 0.2) is 18.2 Å². The minimum atomic E-state index is -0.0706. The lowest BCUT2D eigenvalue weighted by atomic mass is 10.1. The van der Waals surface area contributed by atoms with Crippen molar-refractivity contribution in [3.63, 3.8) is 0 Å². The highest BCUT2D eigenvalue weighted by atomic mass is 16.5. The van der Waals surface area contributed by atoms with Gasteiger partial charge in [-0.15, -0.1) is 0 Å². The number of benzene rings is 1. The normalized spacial score (nSPS) is 16.4. The maximum atomic E-state index is 11.9. The Balaban J connectivity index is 2.05. The van der Waals surface area contributed by atoms with E-state index in [1.807, 2.05) is 6.92 Å². The topological polar surface area (TPSA) is 64.3 Å².